The quantitative estimate of drug-likeness (QED) is 0.687. The Morgan fingerprint density at radius 2 is 2.00 bits per heavy atom. The molecule has 0 spiro atoms. The number of hydrogen-bond acceptors (Lipinski definition) is 2. The molecule has 0 amide bonds. The molecular formula is C11H18F3NO. The molecule has 94 valence electrons. The molecule has 1 rings (SSSR count). The van der Waals surface area contributed by atoms with Gasteiger partial charge in [0.2, 0.25) is 0 Å². The van der Waals surface area contributed by atoms with Crippen molar-refractivity contribution in [2.75, 3.05) is 19.8 Å². The van der Waals surface area contributed by atoms with Gasteiger partial charge in [-0.2, -0.15) is 13.2 Å². The van der Waals surface area contributed by atoms with Crippen molar-refractivity contribution in [3.8, 4) is 0 Å². The highest BCUT2D eigenvalue weighted by molar-refractivity contribution is 4.95. The van der Waals surface area contributed by atoms with Crippen molar-refractivity contribution in [3.63, 3.8) is 0 Å². The highest BCUT2D eigenvalue weighted by Crippen LogP contribution is 2.24. The molecule has 1 N–H and O–H groups in total. The molecule has 0 aromatic carbocycles. The summed E-state index contributed by atoms with van der Waals surface area (Å²) in [6.45, 7) is 4.94. The summed E-state index contributed by atoms with van der Waals surface area (Å²) in [5.74, 6) is 0. The summed E-state index contributed by atoms with van der Waals surface area (Å²) in [4.78, 5) is 0. The molecule has 16 heavy (non-hydrogen) atoms. The molecule has 0 saturated heterocycles. The van der Waals surface area contributed by atoms with Crippen LogP contribution in [-0.2, 0) is 4.74 Å². The maximum atomic E-state index is 11.9. The Hall–Kier alpha value is -0.550. The van der Waals surface area contributed by atoms with Gasteiger partial charge in [0.05, 0.1) is 6.61 Å². The molecule has 1 atom stereocenters. The highest BCUT2D eigenvalue weighted by Gasteiger charge is 2.31. The summed E-state index contributed by atoms with van der Waals surface area (Å²) in [5.41, 5.74) is -0.437. The first kappa shape index (κ1) is 13.5. The number of halogens is 3. The van der Waals surface area contributed by atoms with Crippen molar-refractivity contribution >= 4 is 0 Å². The fourth-order valence-electron chi connectivity index (χ4n) is 1.25. The first-order valence-electron chi connectivity index (χ1n) is 5.36. The Morgan fingerprint density at radius 1 is 1.38 bits per heavy atom. The van der Waals surface area contributed by atoms with Gasteiger partial charge in [-0.1, -0.05) is 13.0 Å². The van der Waals surface area contributed by atoms with Gasteiger partial charge in [0.25, 0.3) is 0 Å². The van der Waals surface area contributed by atoms with Crippen molar-refractivity contribution in [2.24, 2.45) is 5.41 Å². The van der Waals surface area contributed by atoms with Crippen LogP contribution in [0.5, 0.6) is 0 Å². The van der Waals surface area contributed by atoms with Gasteiger partial charge in [-0.25, -0.2) is 0 Å². The highest BCUT2D eigenvalue weighted by atomic mass is 19.4. The van der Waals surface area contributed by atoms with E-state index in [0.717, 1.165) is 12.8 Å². The summed E-state index contributed by atoms with van der Waals surface area (Å²) >= 11 is 0. The van der Waals surface area contributed by atoms with Crippen LogP contribution in [0.15, 0.2) is 12.7 Å². The standard InChI is InChI=1S/C11H18F3NO/c1-3-10(2,6-15-9-4-5-9)7-16-8-11(12,13)14/h3,9,15H,1,4-8H2,2H3. The average molecular weight is 237 g/mol. The van der Waals surface area contributed by atoms with E-state index in [1.165, 1.54) is 0 Å². The van der Waals surface area contributed by atoms with Crippen LogP contribution < -0.4 is 5.32 Å². The maximum Gasteiger partial charge on any atom is 0.411 e. The summed E-state index contributed by atoms with van der Waals surface area (Å²) in [5, 5.41) is 3.26. The zero-order valence-electron chi connectivity index (χ0n) is 9.44. The van der Waals surface area contributed by atoms with Crippen LogP contribution >= 0.6 is 0 Å². The number of hydrogen-bond donors (Lipinski definition) is 1. The molecule has 0 radical (unpaired) electrons. The van der Waals surface area contributed by atoms with Gasteiger partial charge in [0.1, 0.15) is 6.61 Å². The van der Waals surface area contributed by atoms with Gasteiger partial charge in [0, 0.05) is 18.0 Å². The lowest BCUT2D eigenvalue weighted by Crippen LogP contribution is -2.36. The second kappa shape index (κ2) is 5.19. The van der Waals surface area contributed by atoms with E-state index < -0.39 is 18.2 Å². The summed E-state index contributed by atoms with van der Waals surface area (Å²) in [7, 11) is 0. The van der Waals surface area contributed by atoms with Crippen LogP contribution in [0.4, 0.5) is 13.2 Å². The maximum absolute atomic E-state index is 11.9. The van der Waals surface area contributed by atoms with Crippen molar-refractivity contribution < 1.29 is 17.9 Å². The van der Waals surface area contributed by atoms with Gasteiger partial charge in [-0.05, 0) is 12.8 Å². The van der Waals surface area contributed by atoms with Gasteiger partial charge in [-0.15, -0.1) is 6.58 Å². The third-order valence-electron chi connectivity index (χ3n) is 2.56. The summed E-state index contributed by atoms with van der Waals surface area (Å²) in [6.07, 6.45) is -0.308. The predicted octanol–water partition coefficient (Wildman–Crippen LogP) is 2.51. The normalized spacial score (nSPS) is 20.5. The predicted molar refractivity (Wildman–Crippen MR) is 56.2 cm³/mol. The van der Waals surface area contributed by atoms with E-state index in [-0.39, 0.29) is 6.61 Å². The molecule has 0 aromatic rings. The van der Waals surface area contributed by atoms with Gasteiger partial charge < -0.3 is 10.1 Å². The zero-order valence-corrected chi connectivity index (χ0v) is 9.44. The number of rotatable bonds is 7. The van der Waals surface area contributed by atoms with E-state index in [4.69, 9.17) is 0 Å². The Balaban J connectivity index is 2.24. The van der Waals surface area contributed by atoms with Crippen molar-refractivity contribution in [1.82, 2.24) is 5.32 Å². The molecule has 1 aliphatic rings. The summed E-state index contributed by atoms with van der Waals surface area (Å²) < 4.78 is 40.3. The van der Waals surface area contributed by atoms with Crippen LogP contribution in [-0.4, -0.2) is 32.0 Å². The third kappa shape index (κ3) is 5.51. The zero-order chi connectivity index (χ0) is 12.2. The molecule has 1 aliphatic carbocycles. The average Bonchev–Trinajstić information content (AvgIpc) is 2.96. The number of nitrogens with one attached hydrogen (secondary N) is 1. The Morgan fingerprint density at radius 3 is 2.44 bits per heavy atom. The fraction of sp³-hybridized carbons (Fsp3) is 0.818. The minimum absolute atomic E-state index is 0.0374. The van der Waals surface area contributed by atoms with Gasteiger partial charge in [-0.3, -0.25) is 0 Å². The smallest absolute Gasteiger partial charge is 0.371 e. The number of alkyl halides is 3. The van der Waals surface area contributed by atoms with Crippen LogP contribution in [0.2, 0.25) is 0 Å². The Kier molecular flexibility index (Phi) is 4.38. The van der Waals surface area contributed by atoms with Crippen molar-refractivity contribution in [2.45, 2.75) is 32.0 Å². The first-order valence-corrected chi connectivity index (χ1v) is 5.36. The molecule has 2 nitrogen and oxygen atoms in total. The molecule has 1 saturated carbocycles. The second-order valence-corrected chi connectivity index (χ2v) is 4.62. The van der Waals surface area contributed by atoms with Crippen molar-refractivity contribution in [1.29, 1.82) is 0 Å². The van der Waals surface area contributed by atoms with E-state index >= 15 is 0 Å². The van der Waals surface area contributed by atoms with Crippen LogP contribution in [0, 0.1) is 5.41 Å². The van der Waals surface area contributed by atoms with Crippen LogP contribution in [0.25, 0.3) is 0 Å². The van der Waals surface area contributed by atoms with Crippen LogP contribution in [0.3, 0.4) is 0 Å². The largest absolute Gasteiger partial charge is 0.411 e. The topological polar surface area (TPSA) is 21.3 Å². The minimum atomic E-state index is -4.26. The lowest BCUT2D eigenvalue weighted by atomic mass is 9.92. The van der Waals surface area contributed by atoms with E-state index in [0.29, 0.717) is 12.6 Å². The van der Waals surface area contributed by atoms with Crippen LogP contribution in [0.1, 0.15) is 19.8 Å². The van der Waals surface area contributed by atoms with Gasteiger partial charge >= 0.3 is 6.18 Å². The Bertz CT molecular complexity index is 238. The second-order valence-electron chi connectivity index (χ2n) is 4.62. The van der Waals surface area contributed by atoms with Gasteiger partial charge in [0.15, 0.2) is 0 Å². The molecule has 0 aliphatic heterocycles. The molecule has 0 heterocycles. The lowest BCUT2D eigenvalue weighted by molar-refractivity contribution is -0.178. The number of ether oxygens (including phenoxy) is 1. The SMILES string of the molecule is C=CC(C)(CNC1CC1)COCC(F)(F)F. The van der Waals surface area contributed by atoms with Crippen molar-refractivity contribution in [3.05, 3.63) is 12.7 Å². The van der Waals surface area contributed by atoms with E-state index in [2.05, 4.69) is 16.6 Å². The van der Waals surface area contributed by atoms with E-state index in [1.807, 2.05) is 6.92 Å². The molecule has 0 aromatic heterocycles. The summed E-state index contributed by atoms with van der Waals surface area (Å²) in [6, 6.07) is 0.530. The minimum Gasteiger partial charge on any atom is -0.371 e. The molecule has 1 unspecified atom stereocenters. The molecule has 0 bridgehead atoms. The van der Waals surface area contributed by atoms with E-state index in [9.17, 15) is 13.2 Å². The Labute approximate surface area is 93.9 Å². The fourth-order valence-corrected chi connectivity index (χ4v) is 1.25. The molecular weight excluding hydrogens is 219 g/mol. The lowest BCUT2D eigenvalue weighted by Gasteiger charge is -2.26. The molecule has 1 fully saturated rings. The molecule has 5 heteroatoms. The third-order valence-corrected chi connectivity index (χ3v) is 2.56. The monoisotopic (exact) mass is 237 g/mol. The van der Waals surface area contributed by atoms with E-state index in [1.54, 1.807) is 6.08 Å². The first-order chi connectivity index (χ1) is 7.35.